The largest absolute Gasteiger partial charge is 0.376 e. The lowest BCUT2D eigenvalue weighted by molar-refractivity contribution is -0.117. The van der Waals surface area contributed by atoms with Gasteiger partial charge in [0, 0.05) is 12.3 Å². The van der Waals surface area contributed by atoms with E-state index in [0.717, 1.165) is 23.1 Å². The standard InChI is InChI=1S/C21H21N5O4S/c1-13-4-6-14(7-5-13)22-17(27)12-25-21(29)26-16-8-10-31-18(16)19(28)24(20(26)23-25)11-15-3-2-9-30-15/h4-8,10,15H,2-3,9,11-12H2,1H3,(H,22,27)/t15-/m0/s1. The molecule has 0 bridgehead atoms. The van der Waals surface area contributed by atoms with E-state index in [1.54, 1.807) is 23.6 Å². The Morgan fingerprint density at radius 1 is 1.26 bits per heavy atom. The summed E-state index contributed by atoms with van der Waals surface area (Å²) < 4.78 is 10.2. The molecule has 0 saturated carbocycles. The molecule has 0 radical (unpaired) electrons. The summed E-state index contributed by atoms with van der Waals surface area (Å²) in [5.74, 6) is -0.150. The SMILES string of the molecule is Cc1ccc(NC(=O)Cn2nc3n(C[C@@H]4CCCO4)c(=O)c4sccc4n3c2=O)cc1. The van der Waals surface area contributed by atoms with Gasteiger partial charge in [0.05, 0.1) is 18.2 Å². The number of nitrogens with zero attached hydrogens (tertiary/aromatic N) is 4. The highest BCUT2D eigenvalue weighted by Crippen LogP contribution is 2.19. The maximum Gasteiger partial charge on any atom is 0.352 e. The topological polar surface area (TPSA) is 99.6 Å². The van der Waals surface area contributed by atoms with Crippen LogP contribution in [0.1, 0.15) is 18.4 Å². The lowest BCUT2D eigenvalue weighted by Gasteiger charge is -2.12. The van der Waals surface area contributed by atoms with Gasteiger partial charge in [-0.2, -0.15) is 0 Å². The number of aryl methyl sites for hydroxylation is 1. The Labute approximate surface area is 180 Å². The van der Waals surface area contributed by atoms with Gasteiger partial charge in [0.2, 0.25) is 11.7 Å². The zero-order valence-corrected chi connectivity index (χ0v) is 17.7. The summed E-state index contributed by atoms with van der Waals surface area (Å²) in [7, 11) is 0. The van der Waals surface area contributed by atoms with Crippen LogP contribution in [0.4, 0.5) is 5.69 Å². The average Bonchev–Trinajstić information content (AvgIpc) is 3.48. The molecular formula is C21H21N5O4S. The summed E-state index contributed by atoms with van der Waals surface area (Å²) in [4.78, 5) is 38.7. The number of hydrogen-bond acceptors (Lipinski definition) is 6. The fourth-order valence-corrected chi connectivity index (χ4v) is 4.69. The average molecular weight is 439 g/mol. The molecule has 3 aromatic heterocycles. The van der Waals surface area contributed by atoms with Crippen molar-refractivity contribution in [3.8, 4) is 0 Å². The van der Waals surface area contributed by atoms with Gasteiger partial charge in [-0.15, -0.1) is 16.4 Å². The highest BCUT2D eigenvalue weighted by atomic mass is 32.1. The third-order valence-electron chi connectivity index (χ3n) is 5.43. The fraction of sp³-hybridized carbons (Fsp3) is 0.333. The summed E-state index contributed by atoms with van der Waals surface area (Å²) in [6, 6.07) is 9.11. The van der Waals surface area contributed by atoms with Gasteiger partial charge in [-0.05, 0) is 43.3 Å². The highest BCUT2D eigenvalue weighted by molar-refractivity contribution is 7.17. The molecule has 1 aromatic carbocycles. The lowest BCUT2D eigenvalue weighted by Crippen LogP contribution is -2.30. The third kappa shape index (κ3) is 3.57. The molecule has 1 amide bonds. The van der Waals surface area contributed by atoms with Crippen LogP contribution in [0.25, 0.3) is 16.0 Å². The van der Waals surface area contributed by atoms with Gasteiger partial charge in [-0.1, -0.05) is 17.7 Å². The van der Waals surface area contributed by atoms with E-state index in [9.17, 15) is 14.4 Å². The monoisotopic (exact) mass is 439 g/mol. The van der Waals surface area contributed by atoms with Crippen molar-refractivity contribution in [1.29, 1.82) is 0 Å². The van der Waals surface area contributed by atoms with Crippen molar-refractivity contribution < 1.29 is 9.53 Å². The Bertz CT molecular complexity index is 1390. The van der Waals surface area contributed by atoms with E-state index in [4.69, 9.17) is 4.74 Å². The van der Waals surface area contributed by atoms with Crippen LogP contribution in [0.3, 0.4) is 0 Å². The van der Waals surface area contributed by atoms with Gasteiger partial charge in [0.15, 0.2) is 0 Å². The molecule has 1 aliphatic heterocycles. The number of aromatic nitrogens is 4. The number of amides is 1. The number of ether oxygens (including phenoxy) is 1. The Morgan fingerprint density at radius 3 is 2.81 bits per heavy atom. The molecule has 31 heavy (non-hydrogen) atoms. The Morgan fingerprint density at radius 2 is 2.06 bits per heavy atom. The van der Waals surface area contributed by atoms with Crippen LogP contribution in [0, 0.1) is 6.92 Å². The molecule has 0 unspecified atom stereocenters. The Hall–Kier alpha value is -3.24. The van der Waals surface area contributed by atoms with Crippen LogP contribution in [0.2, 0.25) is 0 Å². The molecule has 1 saturated heterocycles. The van der Waals surface area contributed by atoms with Gasteiger partial charge in [0.25, 0.3) is 5.56 Å². The number of anilines is 1. The van der Waals surface area contributed by atoms with Crippen LogP contribution in [-0.2, 0) is 22.6 Å². The minimum absolute atomic E-state index is 0.0935. The number of carbonyl (C=O) groups excluding carboxylic acids is 1. The first-order valence-corrected chi connectivity index (χ1v) is 11.0. The van der Waals surface area contributed by atoms with Crippen LogP contribution < -0.4 is 16.6 Å². The Kier molecular flexibility index (Phi) is 4.95. The molecule has 1 fully saturated rings. The molecule has 0 aliphatic carbocycles. The first-order chi connectivity index (χ1) is 15.0. The molecule has 160 valence electrons. The summed E-state index contributed by atoms with van der Waals surface area (Å²) in [5, 5.41) is 8.90. The van der Waals surface area contributed by atoms with Gasteiger partial charge in [0.1, 0.15) is 11.2 Å². The van der Waals surface area contributed by atoms with E-state index in [1.807, 2.05) is 19.1 Å². The quantitative estimate of drug-likeness (QED) is 0.513. The minimum atomic E-state index is -0.460. The van der Waals surface area contributed by atoms with Crippen molar-refractivity contribution in [2.75, 3.05) is 11.9 Å². The zero-order chi connectivity index (χ0) is 21.5. The number of carbonyl (C=O) groups is 1. The summed E-state index contributed by atoms with van der Waals surface area (Å²) >= 11 is 1.29. The molecule has 0 spiro atoms. The number of fused-ring (bicyclic) bond motifs is 3. The minimum Gasteiger partial charge on any atom is -0.376 e. The molecule has 4 aromatic rings. The molecule has 4 heterocycles. The molecule has 10 heteroatoms. The molecule has 5 rings (SSSR count). The van der Waals surface area contributed by atoms with E-state index in [-0.39, 0.29) is 29.9 Å². The molecular weight excluding hydrogens is 418 g/mol. The van der Waals surface area contributed by atoms with Gasteiger partial charge in [-0.3, -0.25) is 14.2 Å². The second-order valence-electron chi connectivity index (χ2n) is 7.68. The third-order valence-corrected chi connectivity index (χ3v) is 6.32. The molecule has 1 N–H and O–H groups in total. The van der Waals surface area contributed by atoms with Gasteiger partial charge < -0.3 is 10.1 Å². The number of thiophene rings is 1. The predicted octanol–water partition coefficient (Wildman–Crippen LogP) is 2.00. The van der Waals surface area contributed by atoms with Crippen molar-refractivity contribution in [1.82, 2.24) is 18.7 Å². The van der Waals surface area contributed by atoms with Crippen molar-refractivity contribution in [3.63, 3.8) is 0 Å². The van der Waals surface area contributed by atoms with Crippen molar-refractivity contribution >= 4 is 38.9 Å². The molecule has 1 atom stereocenters. The highest BCUT2D eigenvalue weighted by Gasteiger charge is 2.23. The Balaban J connectivity index is 1.54. The van der Waals surface area contributed by atoms with E-state index in [1.165, 1.54) is 20.3 Å². The van der Waals surface area contributed by atoms with E-state index in [2.05, 4.69) is 10.4 Å². The smallest absolute Gasteiger partial charge is 0.352 e. The number of rotatable bonds is 5. The maximum atomic E-state index is 13.1. The maximum absolute atomic E-state index is 13.1. The molecule has 9 nitrogen and oxygen atoms in total. The van der Waals surface area contributed by atoms with E-state index in [0.29, 0.717) is 29.1 Å². The lowest BCUT2D eigenvalue weighted by atomic mass is 10.2. The first kappa shape index (κ1) is 19.7. The van der Waals surface area contributed by atoms with Gasteiger partial charge >= 0.3 is 5.69 Å². The van der Waals surface area contributed by atoms with E-state index < -0.39 is 5.69 Å². The normalized spacial score (nSPS) is 16.4. The predicted molar refractivity (Wildman–Crippen MR) is 118 cm³/mol. The summed E-state index contributed by atoms with van der Waals surface area (Å²) in [6.07, 6.45) is 1.70. The zero-order valence-electron chi connectivity index (χ0n) is 16.9. The fourth-order valence-electron chi connectivity index (χ4n) is 3.87. The first-order valence-electron chi connectivity index (χ1n) is 10.1. The van der Waals surface area contributed by atoms with Crippen LogP contribution in [0.5, 0.6) is 0 Å². The molecule has 1 aliphatic rings. The van der Waals surface area contributed by atoms with Crippen LogP contribution in [0.15, 0.2) is 45.3 Å². The number of benzene rings is 1. The number of hydrogen-bond donors (Lipinski definition) is 1. The second-order valence-corrected chi connectivity index (χ2v) is 8.59. The second kappa shape index (κ2) is 7.78. The summed E-state index contributed by atoms with van der Waals surface area (Å²) in [5.41, 5.74) is 1.57. The number of nitrogens with one attached hydrogen (secondary N) is 1. The van der Waals surface area contributed by atoms with Gasteiger partial charge in [-0.25, -0.2) is 13.9 Å². The van der Waals surface area contributed by atoms with Crippen molar-refractivity contribution in [2.24, 2.45) is 0 Å². The van der Waals surface area contributed by atoms with Crippen molar-refractivity contribution in [3.05, 3.63) is 62.1 Å². The van der Waals surface area contributed by atoms with Crippen molar-refractivity contribution in [2.45, 2.75) is 39.0 Å². The van der Waals surface area contributed by atoms with Crippen LogP contribution in [-0.4, -0.2) is 37.4 Å². The van der Waals surface area contributed by atoms with E-state index >= 15 is 0 Å². The van der Waals surface area contributed by atoms with Crippen LogP contribution >= 0.6 is 11.3 Å². The summed E-state index contributed by atoms with van der Waals surface area (Å²) in [6.45, 7) is 2.69.